The Morgan fingerprint density at radius 2 is 2.12 bits per heavy atom. The van der Waals surface area contributed by atoms with Crippen LogP contribution in [0.5, 0.6) is 5.75 Å². The van der Waals surface area contributed by atoms with Gasteiger partial charge in [-0.25, -0.2) is 0 Å². The van der Waals surface area contributed by atoms with Crippen molar-refractivity contribution in [2.75, 3.05) is 25.5 Å². The van der Waals surface area contributed by atoms with Crippen LogP contribution in [0.25, 0.3) is 0 Å². The molecule has 0 aromatic heterocycles. The first-order valence-electron chi connectivity index (χ1n) is 7.66. The van der Waals surface area contributed by atoms with Gasteiger partial charge in [-0.05, 0) is 32.0 Å². The molecule has 1 N–H and O–H groups in total. The standard InChI is InChI=1S/C16H20ClN3O3S/c1-4-20(5-2)16-19-15(22)13(24-16)9-14(21)18-11-8-10(17)6-7-12(11)23-3/h6-8,13H,4-5,9H2,1-3H3,(H,18,21)/t13-/m0/s1. The normalized spacial score (nSPS) is 16.8. The fourth-order valence-electron chi connectivity index (χ4n) is 2.29. The number of nitrogens with zero attached hydrogens (tertiary/aromatic N) is 2. The number of carbonyl (C=O) groups excluding carboxylic acids is 2. The molecule has 1 atom stereocenters. The number of hydrogen-bond acceptors (Lipinski definition) is 5. The number of ether oxygens (including phenoxy) is 1. The van der Waals surface area contributed by atoms with Crippen LogP contribution < -0.4 is 10.1 Å². The van der Waals surface area contributed by atoms with Gasteiger partial charge in [0.05, 0.1) is 12.8 Å². The van der Waals surface area contributed by atoms with Crippen molar-refractivity contribution in [3.05, 3.63) is 23.2 Å². The van der Waals surface area contributed by atoms with Crippen LogP contribution in [0.15, 0.2) is 23.2 Å². The summed E-state index contributed by atoms with van der Waals surface area (Å²) in [6.45, 7) is 5.55. The molecule has 8 heteroatoms. The Morgan fingerprint density at radius 3 is 2.75 bits per heavy atom. The average molecular weight is 370 g/mol. The zero-order valence-electron chi connectivity index (χ0n) is 13.8. The predicted octanol–water partition coefficient (Wildman–Crippen LogP) is 3.02. The highest BCUT2D eigenvalue weighted by molar-refractivity contribution is 8.15. The largest absolute Gasteiger partial charge is 0.495 e. The van der Waals surface area contributed by atoms with Gasteiger partial charge in [0.1, 0.15) is 11.0 Å². The topological polar surface area (TPSA) is 71.0 Å². The third kappa shape index (κ3) is 4.42. The Balaban J connectivity index is 1.99. The van der Waals surface area contributed by atoms with Crippen molar-refractivity contribution in [2.45, 2.75) is 25.5 Å². The Morgan fingerprint density at radius 1 is 1.42 bits per heavy atom. The van der Waals surface area contributed by atoms with E-state index in [0.29, 0.717) is 21.6 Å². The first kappa shape index (κ1) is 18.6. The highest BCUT2D eigenvalue weighted by atomic mass is 35.5. The van der Waals surface area contributed by atoms with Crippen LogP contribution in [-0.4, -0.2) is 47.3 Å². The fraction of sp³-hybridized carbons (Fsp3) is 0.438. The average Bonchev–Trinajstić information content (AvgIpc) is 2.89. The number of amides is 2. The Hall–Kier alpha value is -1.73. The van der Waals surface area contributed by atoms with E-state index in [4.69, 9.17) is 16.3 Å². The molecule has 6 nitrogen and oxygen atoms in total. The van der Waals surface area contributed by atoms with Crippen LogP contribution in [-0.2, 0) is 9.59 Å². The smallest absolute Gasteiger partial charge is 0.262 e. The van der Waals surface area contributed by atoms with Crippen LogP contribution in [0.2, 0.25) is 5.02 Å². The van der Waals surface area contributed by atoms with Gasteiger partial charge in [0.15, 0.2) is 5.17 Å². The molecular formula is C16H20ClN3O3S. The lowest BCUT2D eigenvalue weighted by Crippen LogP contribution is -2.27. The lowest BCUT2D eigenvalue weighted by molar-refractivity contribution is -0.121. The molecule has 0 spiro atoms. The van der Waals surface area contributed by atoms with Crippen LogP contribution in [0.1, 0.15) is 20.3 Å². The molecule has 2 rings (SSSR count). The number of aliphatic imine (C=N–C) groups is 1. The maximum absolute atomic E-state index is 12.3. The Labute approximate surface area is 150 Å². The van der Waals surface area contributed by atoms with Crippen LogP contribution in [0, 0.1) is 0 Å². The van der Waals surface area contributed by atoms with Gasteiger partial charge in [0, 0.05) is 24.5 Å². The third-order valence-corrected chi connectivity index (χ3v) is 5.02. The minimum Gasteiger partial charge on any atom is -0.495 e. The maximum Gasteiger partial charge on any atom is 0.262 e. The summed E-state index contributed by atoms with van der Waals surface area (Å²) in [5.74, 6) is -0.0363. The summed E-state index contributed by atoms with van der Waals surface area (Å²) < 4.78 is 5.20. The van der Waals surface area contributed by atoms with E-state index in [0.717, 1.165) is 13.1 Å². The van der Waals surface area contributed by atoms with Gasteiger partial charge in [0.25, 0.3) is 5.91 Å². The number of halogens is 1. The summed E-state index contributed by atoms with van der Waals surface area (Å²) in [4.78, 5) is 30.4. The number of amidine groups is 1. The lowest BCUT2D eigenvalue weighted by Gasteiger charge is -2.19. The Kier molecular flexibility index (Phi) is 6.51. The van der Waals surface area contributed by atoms with Crippen molar-refractivity contribution in [3.63, 3.8) is 0 Å². The van der Waals surface area contributed by atoms with Gasteiger partial charge < -0.3 is 15.0 Å². The molecule has 1 heterocycles. The van der Waals surface area contributed by atoms with Crippen molar-refractivity contribution in [3.8, 4) is 5.75 Å². The van der Waals surface area contributed by atoms with Crippen LogP contribution >= 0.6 is 23.4 Å². The predicted molar refractivity (Wildman–Crippen MR) is 98.0 cm³/mol. The minimum atomic E-state index is -0.495. The van der Waals surface area contributed by atoms with E-state index in [9.17, 15) is 9.59 Å². The van der Waals surface area contributed by atoms with Crippen molar-refractivity contribution >= 4 is 46.0 Å². The number of thioether (sulfide) groups is 1. The van der Waals surface area contributed by atoms with Gasteiger partial charge in [-0.3, -0.25) is 9.59 Å². The van der Waals surface area contributed by atoms with Crippen molar-refractivity contribution in [1.82, 2.24) is 4.90 Å². The zero-order chi connectivity index (χ0) is 17.7. The maximum atomic E-state index is 12.3. The molecular weight excluding hydrogens is 350 g/mol. The molecule has 0 saturated carbocycles. The van der Waals surface area contributed by atoms with Gasteiger partial charge in [-0.1, -0.05) is 23.4 Å². The Bertz CT molecular complexity index is 662. The summed E-state index contributed by atoms with van der Waals surface area (Å²) >= 11 is 7.28. The lowest BCUT2D eigenvalue weighted by atomic mass is 10.2. The quantitative estimate of drug-likeness (QED) is 0.834. The molecule has 0 unspecified atom stereocenters. The molecule has 0 radical (unpaired) electrons. The molecule has 1 aromatic rings. The molecule has 1 aromatic carbocycles. The van der Waals surface area contributed by atoms with Crippen LogP contribution in [0.4, 0.5) is 5.69 Å². The number of hydrogen-bond donors (Lipinski definition) is 1. The first-order valence-corrected chi connectivity index (χ1v) is 8.91. The highest BCUT2D eigenvalue weighted by Crippen LogP contribution is 2.30. The molecule has 1 aliphatic rings. The zero-order valence-corrected chi connectivity index (χ0v) is 15.4. The van der Waals surface area contributed by atoms with E-state index in [-0.39, 0.29) is 18.2 Å². The van der Waals surface area contributed by atoms with E-state index >= 15 is 0 Å². The molecule has 0 saturated heterocycles. The molecule has 2 amide bonds. The monoisotopic (exact) mass is 369 g/mol. The molecule has 0 bridgehead atoms. The second-order valence-electron chi connectivity index (χ2n) is 5.11. The molecule has 0 fully saturated rings. The second kappa shape index (κ2) is 8.39. The number of carbonyl (C=O) groups is 2. The van der Waals surface area contributed by atoms with Crippen LogP contribution in [0.3, 0.4) is 0 Å². The molecule has 24 heavy (non-hydrogen) atoms. The number of anilines is 1. The first-order chi connectivity index (χ1) is 11.5. The molecule has 130 valence electrons. The van der Waals surface area contributed by atoms with E-state index in [2.05, 4.69) is 10.3 Å². The number of benzene rings is 1. The van der Waals surface area contributed by atoms with Gasteiger partial charge >= 0.3 is 0 Å². The van der Waals surface area contributed by atoms with Crippen molar-refractivity contribution < 1.29 is 14.3 Å². The second-order valence-corrected chi connectivity index (χ2v) is 6.71. The van der Waals surface area contributed by atoms with Crippen molar-refractivity contribution in [1.29, 1.82) is 0 Å². The number of rotatable bonds is 6. The summed E-state index contributed by atoms with van der Waals surface area (Å²) in [5.41, 5.74) is 0.482. The van der Waals surface area contributed by atoms with Gasteiger partial charge in [-0.2, -0.15) is 4.99 Å². The van der Waals surface area contributed by atoms with Gasteiger partial charge in [0.2, 0.25) is 5.91 Å². The van der Waals surface area contributed by atoms with E-state index in [1.807, 2.05) is 18.7 Å². The third-order valence-electron chi connectivity index (χ3n) is 3.57. The van der Waals surface area contributed by atoms with Crippen molar-refractivity contribution in [2.24, 2.45) is 4.99 Å². The minimum absolute atomic E-state index is 0.0490. The number of methoxy groups -OCH3 is 1. The summed E-state index contributed by atoms with van der Waals surface area (Å²) in [6, 6.07) is 4.96. The van der Waals surface area contributed by atoms with E-state index in [1.54, 1.807) is 18.2 Å². The van der Waals surface area contributed by atoms with E-state index < -0.39 is 5.25 Å². The highest BCUT2D eigenvalue weighted by Gasteiger charge is 2.32. The number of nitrogens with one attached hydrogen (secondary N) is 1. The molecule has 0 aliphatic carbocycles. The SMILES string of the molecule is CCN(CC)C1=NC(=O)[C@H](CC(=O)Nc2cc(Cl)ccc2OC)S1. The fourth-order valence-corrected chi connectivity index (χ4v) is 3.65. The summed E-state index contributed by atoms with van der Waals surface area (Å²) in [7, 11) is 1.51. The summed E-state index contributed by atoms with van der Waals surface area (Å²) in [5, 5.41) is 3.42. The van der Waals surface area contributed by atoms with Gasteiger partial charge in [-0.15, -0.1) is 0 Å². The molecule has 1 aliphatic heterocycles. The summed E-state index contributed by atoms with van der Waals surface area (Å²) in [6.07, 6.45) is 0.0490. The van der Waals surface area contributed by atoms with E-state index in [1.165, 1.54) is 18.9 Å².